The molecule has 1 amide bonds. The molecule has 5 heteroatoms. The number of nitrogens with zero attached hydrogens (tertiary/aromatic N) is 1. The smallest absolute Gasteiger partial charge is 0.254 e. The monoisotopic (exact) mass is 337 g/mol. The van der Waals surface area contributed by atoms with E-state index < -0.39 is 0 Å². The molecular formula is C20H19NO4. The minimum atomic E-state index is -0.0980. The van der Waals surface area contributed by atoms with Crippen molar-refractivity contribution >= 4 is 11.7 Å². The summed E-state index contributed by atoms with van der Waals surface area (Å²) in [6.07, 6.45) is 0. The maximum absolute atomic E-state index is 13.0. The van der Waals surface area contributed by atoms with Gasteiger partial charge in [-0.25, -0.2) is 0 Å². The second-order valence-electron chi connectivity index (χ2n) is 6.39. The molecule has 2 aromatic rings. The summed E-state index contributed by atoms with van der Waals surface area (Å²) >= 11 is 0. The van der Waals surface area contributed by atoms with E-state index in [4.69, 9.17) is 9.47 Å². The van der Waals surface area contributed by atoms with Gasteiger partial charge in [-0.05, 0) is 36.8 Å². The molecule has 4 rings (SSSR count). The molecule has 2 heterocycles. The maximum atomic E-state index is 13.0. The van der Waals surface area contributed by atoms with E-state index in [1.807, 2.05) is 25.1 Å². The van der Waals surface area contributed by atoms with E-state index in [9.17, 15) is 9.59 Å². The van der Waals surface area contributed by atoms with Crippen LogP contribution in [0.25, 0.3) is 0 Å². The van der Waals surface area contributed by atoms with Crippen LogP contribution in [0, 0.1) is 6.92 Å². The molecule has 0 atom stereocenters. The van der Waals surface area contributed by atoms with Gasteiger partial charge in [-0.15, -0.1) is 0 Å². The zero-order valence-electron chi connectivity index (χ0n) is 14.1. The van der Waals surface area contributed by atoms with Crippen LogP contribution in [0.3, 0.4) is 0 Å². The number of hydrogen-bond acceptors (Lipinski definition) is 4. The Morgan fingerprint density at radius 3 is 2.64 bits per heavy atom. The molecule has 0 N–H and O–H groups in total. The number of carbonyl (C=O) groups excluding carboxylic acids is 2. The number of hydrogen-bond donors (Lipinski definition) is 0. The van der Waals surface area contributed by atoms with E-state index >= 15 is 0 Å². The molecule has 0 aliphatic carbocycles. The molecule has 128 valence electrons. The third-order valence-corrected chi connectivity index (χ3v) is 4.66. The molecule has 0 bridgehead atoms. The van der Waals surface area contributed by atoms with Gasteiger partial charge in [-0.1, -0.05) is 12.1 Å². The molecule has 2 aromatic carbocycles. The summed E-state index contributed by atoms with van der Waals surface area (Å²) in [7, 11) is 0. The number of aryl methyl sites for hydroxylation is 1. The molecule has 5 nitrogen and oxygen atoms in total. The average Bonchev–Trinajstić information content (AvgIpc) is 2.78. The number of fused-ring (bicyclic) bond motifs is 2. The van der Waals surface area contributed by atoms with Gasteiger partial charge >= 0.3 is 0 Å². The van der Waals surface area contributed by atoms with Crippen LogP contribution in [0.15, 0.2) is 36.4 Å². The highest BCUT2D eigenvalue weighted by Gasteiger charge is 2.25. The summed E-state index contributed by atoms with van der Waals surface area (Å²) in [5, 5.41) is 0. The molecule has 1 saturated heterocycles. The first kappa shape index (κ1) is 15.8. The van der Waals surface area contributed by atoms with Gasteiger partial charge in [0.25, 0.3) is 5.91 Å². The lowest BCUT2D eigenvalue weighted by atomic mass is 9.96. The summed E-state index contributed by atoms with van der Waals surface area (Å²) in [4.78, 5) is 27.4. The Hall–Kier alpha value is -2.66. The fourth-order valence-corrected chi connectivity index (χ4v) is 3.23. The first-order valence-corrected chi connectivity index (χ1v) is 8.41. The maximum Gasteiger partial charge on any atom is 0.254 e. The number of amides is 1. The van der Waals surface area contributed by atoms with E-state index in [1.54, 1.807) is 23.1 Å². The number of ether oxygens (including phenoxy) is 2. The average molecular weight is 337 g/mol. The zero-order valence-corrected chi connectivity index (χ0v) is 14.1. The van der Waals surface area contributed by atoms with Gasteiger partial charge in [0.05, 0.1) is 18.8 Å². The van der Waals surface area contributed by atoms with Crippen molar-refractivity contribution in [3.8, 4) is 5.75 Å². The summed E-state index contributed by atoms with van der Waals surface area (Å²) in [6, 6.07) is 10.9. The van der Waals surface area contributed by atoms with E-state index in [1.165, 1.54) is 0 Å². The number of carbonyl (C=O) groups is 2. The molecule has 25 heavy (non-hydrogen) atoms. The second kappa shape index (κ2) is 6.33. The van der Waals surface area contributed by atoms with Crippen molar-refractivity contribution in [2.75, 3.05) is 26.3 Å². The molecule has 0 radical (unpaired) electrons. The molecule has 2 aliphatic rings. The van der Waals surface area contributed by atoms with Gasteiger partial charge < -0.3 is 14.4 Å². The van der Waals surface area contributed by atoms with Crippen LogP contribution in [0.1, 0.15) is 37.4 Å². The van der Waals surface area contributed by atoms with Gasteiger partial charge in [0.1, 0.15) is 12.4 Å². The fraction of sp³-hybridized carbons (Fsp3) is 0.300. The Kier molecular flexibility index (Phi) is 4.01. The number of ketones is 1. The van der Waals surface area contributed by atoms with Gasteiger partial charge in [-0.3, -0.25) is 9.59 Å². The van der Waals surface area contributed by atoms with Crippen LogP contribution in [0.2, 0.25) is 0 Å². The Morgan fingerprint density at radius 1 is 1.04 bits per heavy atom. The Bertz CT molecular complexity index is 853. The van der Waals surface area contributed by atoms with Crippen LogP contribution in [-0.2, 0) is 11.3 Å². The normalized spacial score (nSPS) is 16.5. The fourth-order valence-electron chi connectivity index (χ4n) is 3.23. The molecule has 0 unspecified atom stereocenters. The second-order valence-corrected chi connectivity index (χ2v) is 6.39. The third-order valence-electron chi connectivity index (χ3n) is 4.66. The minimum Gasteiger partial charge on any atom is -0.488 e. The van der Waals surface area contributed by atoms with E-state index in [-0.39, 0.29) is 11.7 Å². The van der Waals surface area contributed by atoms with Crippen LogP contribution < -0.4 is 4.74 Å². The van der Waals surface area contributed by atoms with E-state index in [0.717, 1.165) is 11.1 Å². The van der Waals surface area contributed by atoms with Crippen LogP contribution in [0.4, 0.5) is 0 Å². The quantitative estimate of drug-likeness (QED) is 0.803. The number of morpholine rings is 1. The third kappa shape index (κ3) is 2.91. The number of benzene rings is 2. The van der Waals surface area contributed by atoms with Crippen molar-refractivity contribution in [1.29, 1.82) is 0 Å². The molecule has 0 spiro atoms. The van der Waals surface area contributed by atoms with Gasteiger partial charge in [0, 0.05) is 29.8 Å². The van der Waals surface area contributed by atoms with E-state index in [2.05, 4.69) is 0 Å². The molecule has 1 fully saturated rings. The lowest BCUT2D eigenvalue weighted by Crippen LogP contribution is -2.40. The van der Waals surface area contributed by atoms with Crippen LogP contribution in [0.5, 0.6) is 5.75 Å². The lowest BCUT2D eigenvalue weighted by Gasteiger charge is -2.27. The lowest BCUT2D eigenvalue weighted by molar-refractivity contribution is 0.0303. The van der Waals surface area contributed by atoms with Crippen molar-refractivity contribution < 1.29 is 19.1 Å². The molecule has 0 aromatic heterocycles. The highest BCUT2D eigenvalue weighted by Crippen LogP contribution is 2.30. The highest BCUT2D eigenvalue weighted by molar-refractivity contribution is 6.13. The minimum absolute atomic E-state index is 0.0619. The first-order valence-electron chi connectivity index (χ1n) is 8.41. The van der Waals surface area contributed by atoms with Crippen molar-refractivity contribution in [2.24, 2.45) is 0 Å². The van der Waals surface area contributed by atoms with Gasteiger partial charge in [-0.2, -0.15) is 0 Å². The summed E-state index contributed by atoms with van der Waals surface area (Å²) in [5.74, 6) is 0.439. The Balaban J connectivity index is 1.70. The van der Waals surface area contributed by atoms with Gasteiger partial charge in [0.15, 0.2) is 5.78 Å². The van der Waals surface area contributed by atoms with Crippen molar-refractivity contribution in [1.82, 2.24) is 4.90 Å². The molecule has 2 aliphatic heterocycles. The largest absolute Gasteiger partial charge is 0.488 e. The van der Waals surface area contributed by atoms with Gasteiger partial charge in [0.2, 0.25) is 0 Å². The topological polar surface area (TPSA) is 55.8 Å². The highest BCUT2D eigenvalue weighted by atomic mass is 16.5. The van der Waals surface area contributed by atoms with Crippen molar-refractivity contribution in [3.05, 3.63) is 64.2 Å². The summed E-state index contributed by atoms with van der Waals surface area (Å²) in [6.45, 7) is 4.55. The first-order chi connectivity index (χ1) is 12.1. The zero-order chi connectivity index (χ0) is 17.4. The van der Waals surface area contributed by atoms with Crippen LogP contribution >= 0.6 is 0 Å². The molecular weight excluding hydrogens is 318 g/mol. The standard InChI is InChI=1S/C20H19NO4/c1-13-2-5-16-18(10-13)25-12-15-4-3-14(11-17(15)19(16)22)20(23)21-6-8-24-9-7-21/h2-5,10-11H,6-9,12H2,1H3. The predicted octanol–water partition coefficient (Wildman–Crippen LogP) is 2.59. The number of rotatable bonds is 1. The summed E-state index contributed by atoms with van der Waals surface area (Å²) in [5.41, 5.74) is 3.46. The van der Waals surface area contributed by atoms with Crippen molar-refractivity contribution in [3.63, 3.8) is 0 Å². The van der Waals surface area contributed by atoms with Crippen molar-refractivity contribution in [2.45, 2.75) is 13.5 Å². The van der Waals surface area contributed by atoms with Crippen LogP contribution in [-0.4, -0.2) is 42.9 Å². The van der Waals surface area contributed by atoms with E-state index in [0.29, 0.717) is 55.4 Å². The Labute approximate surface area is 146 Å². The Morgan fingerprint density at radius 2 is 1.84 bits per heavy atom. The SMILES string of the molecule is Cc1ccc2c(c1)OCc1ccc(C(=O)N3CCOCC3)cc1C2=O. The summed E-state index contributed by atoms with van der Waals surface area (Å²) < 4.78 is 11.1. The molecule has 0 saturated carbocycles. The predicted molar refractivity (Wildman–Crippen MR) is 92.1 cm³/mol.